The van der Waals surface area contributed by atoms with Gasteiger partial charge in [-0.1, -0.05) is 20.3 Å². The number of nitrogens with one attached hydrogen (secondary N) is 2. The Bertz CT molecular complexity index is 376. The fourth-order valence-corrected chi connectivity index (χ4v) is 4.39. The summed E-state index contributed by atoms with van der Waals surface area (Å²) in [6.45, 7) is 6.75. The number of ether oxygens (including phenoxy) is 1. The van der Waals surface area contributed by atoms with E-state index < -0.39 is 10.2 Å². The van der Waals surface area contributed by atoms with Crippen LogP contribution in [0.5, 0.6) is 0 Å². The van der Waals surface area contributed by atoms with Crippen LogP contribution in [0.3, 0.4) is 0 Å². The second-order valence-electron chi connectivity index (χ2n) is 5.65. The topological polar surface area (TPSA) is 70.7 Å². The molecular weight excluding hydrogens is 290 g/mol. The van der Waals surface area contributed by atoms with Gasteiger partial charge >= 0.3 is 0 Å². The third kappa shape index (κ3) is 6.20. The molecule has 0 radical (unpaired) electrons. The highest BCUT2D eigenvalue weighted by Gasteiger charge is 2.33. The highest BCUT2D eigenvalue weighted by atomic mass is 32.2. The predicted molar refractivity (Wildman–Crippen MR) is 85.5 cm³/mol. The van der Waals surface area contributed by atoms with Gasteiger partial charge in [-0.05, 0) is 32.2 Å². The van der Waals surface area contributed by atoms with Crippen molar-refractivity contribution in [3.63, 3.8) is 0 Å². The molecule has 0 saturated carbocycles. The van der Waals surface area contributed by atoms with E-state index >= 15 is 0 Å². The first-order valence-electron chi connectivity index (χ1n) is 8.03. The minimum Gasteiger partial charge on any atom is -0.383 e. The van der Waals surface area contributed by atoms with Crippen molar-refractivity contribution in [2.24, 2.45) is 0 Å². The third-order valence-corrected chi connectivity index (χ3v) is 5.59. The van der Waals surface area contributed by atoms with Gasteiger partial charge in [-0.2, -0.15) is 17.4 Å². The molecule has 6 nitrogen and oxygen atoms in total. The number of hydrogen-bond acceptors (Lipinski definition) is 4. The van der Waals surface area contributed by atoms with Gasteiger partial charge in [0.05, 0.1) is 6.61 Å². The standard InChI is InChI=1S/C14H31N3O3S/c1-4-9-15-11-14-8-6-7-10-17(14)21(18,19)16-13(5-2)12-20-3/h13-16H,4-12H2,1-3H3. The second-order valence-corrected chi connectivity index (χ2v) is 7.30. The maximum absolute atomic E-state index is 12.6. The quantitative estimate of drug-likeness (QED) is 0.591. The lowest BCUT2D eigenvalue weighted by Gasteiger charge is -2.35. The minimum atomic E-state index is -3.44. The normalized spacial score (nSPS) is 22.3. The van der Waals surface area contributed by atoms with Gasteiger partial charge in [0.1, 0.15) is 0 Å². The molecule has 0 aliphatic carbocycles. The minimum absolute atomic E-state index is 0.0582. The van der Waals surface area contributed by atoms with Gasteiger partial charge in [0.25, 0.3) is 10.2 Å². The molecule has 0 spiro atoms. The SMILES string of the molecule is CCCNCC1CCCCN1S(=O)(=O)NC(CC)COC. The van der Waals surface area contributed by atoms with Gasteiger partial charge in [-0.25, -0.2) is 0 Å². The molecule has 0 bridgehead atoms. The molecule has 0 amide bonds. The van der Waals surface area contributed by atoms with Crippen molar-refractivity contribution < 1.29 is 13.2 Å². The van der Waals surface area contributed by atoms with Crippen LogP contribution in [-0.4, -0.2) is 58.2 Å². The van der Waals surface area contributed by atoms with Crippen LogP contribution in [0.4, 0.5) is 0 Å². The van der Waals surface area contributed by atoms with Crippen LogP contribution >= 0.6 is 0 Å². The smallest absolute Gasteiger partial charge is 0.280 e. The van der Waals surface area contributed by atoms with Crippen LogP contribution in [-0.2, 0) is 14.9 Å². The molecule has 2 atom stereocenters. The Kier molecular flexibility index (Phi) is 8.73. The number of hydrogen-bond donors (Lipinski definition) is 2. The summed E-state index contributed by atoms with van der Waals surface area (Å²) in [5.74, 6) is 0. The van der Waals surface area contributed by atoms with Crippen molar-refractivity contribution >= 4 is 10.2 Å². The van der Waals surface area contributed by atoms with Gasteiger partial charge in [0, 0.05) is 32.3 Å². The Morgan fingerprint density at radius 3 is 2.71 bits per heavy atom. The summed E-state index contributed by atoms with van der Waals surface area (Å²) in [6.07, 6.45) is 4.74. The van der Waals surface area contributed by atoms with Crippen molar-refractivity contribution in [3.8, 4) is 0 Å². The number of piperidine rings is 1. The highest BCUT2D eigenvalue weighted by molar-refractivity contribution is 7.87. The number of nitrogens with zero attached hydrogens (tertiary/aromatic N) is 1. The van der Waals surface area contributed by atoms with Crippen LogP contribution < -0.4 is 10.0 Å². The third-order valence-electron chi connectivity index (χ3n) is 3.86. The monoisotopic (exact) mass is 321 g/mol. The van der Waals surface area contributed by atoms with E-state index in [0.29, 0.717) is 13.2 Å². The van der Waals surface area contributed by atoms with Gasteiger partial charge in [-0.15, -0.1) is 0 Å². The molecule has 1 rings (SSSR count). The van der Waals surface area contributed by atoms with E-state index in [0.717, 1.165) is 45.2 Å². The average molecular weight is 321 g/mol. The average Bonchev–Trinajstić information content (AvgIpc) is 2.47. The molecule has 2 N–H and O–H groups in total. The largest absolute Gasteiger partial charge is 0.383 e. The van der Waals surface area contributed by atoms with Crippen LogP contribution in [0.25, 0.3) is 0 Å². The fraction of sp³-hybridized carbons (Fsp3) is 1.00. The fourth-order valence-electron chi connectivity index (χ4n) is 2.65. The summed E-state index contributed by atoms with van der Waals surface area (Å²) in [6, 6.07) is -0.103. The Hall–Kier alpha value is -0.210. The molecule has 1 saturated heterocycles. The molecule has 2 unspecified atom stereocenters. The summed E-state index contributed by atoms with van der Waals surface area (Å²) in [4.78, 5) is 0. The van der Waals surface area contributed by atoms with Crippen LogP contribution in [0.15, 0.2) is 0 Å². The zero-order valence-electron chi connectivity index (χ0n) is 13.6. The summed E-state index contributed by atoms with van der Waals surface area (Å²) in [7, 11) is -1.85. The molecule has 1 heterocycles. The van der Waals surface area contributed by atoms with E-state index in [-0.39, 0.29) is 12.1 Å². The van der Waals surface area contributed by atoms with Crippen LogP contribution in [0.2, 0.25) is 0 Å². The first kappa shape index (κ1) is 18.8. The van der Waals surface area contributed by atoms with Crippen LogP contribution in [0, 0.1) is 0 Å². The zero-order chi connectivity index (χ0) is 15.7. The summed E-state index contributed by atoms with van der Waals surface area (Å²) >= 11 is 0. The molecular formula is C14H31N3O3S. The molecule has 126 valence electrons. The van der Waals surface area contributed by atoms with E-state index in [9.17, 15) is 8.42 Å². The van der Waals surface area contributed by atoms with Gasteiger partial charge in [0.2, 0.25) is 0 Å². The summed E-state index contributed by atoms with van der Waals surface area (Å²) in [5, 5.41) is 3.34. The Morgan fingerprint density at radius 1 is 1.33 bits per heavy atom. The first-order chi connectivity index (χ1) is 10.0. The molecule has 0 aromatic heterocycles. The molecule has 0 aromatic carbocycles. The lowest BCUT2D eigenvalue weighted by molar-refractivity contribution is 0.170. The molecule has 21 heavy (non-hydrogen) atoms. The summed E-state index contributed by atoms with van der Waals surface area (Å²) in [5.41, 5.74) is 0. The first-order valence-corrected chi connectivity index (χ1v) is 9.47. The molecule has 1 aliphatic heterocycles. The van der Waals surface area contributed by atoms with Crippen molar-refractivity contribution in [1.82, 2.24) is 14.3 Å². The lowest BCUT2D eigenvalue weighted by atomic mass is 10.1. The van der Waals surface area contributed by atoms with Crippen molar-refractivity contribution in [3.05, 3.63) is 0 Å². The highest BCUT2D eigenvalue weighted by Crippen LogP contribution is 2.19. The Balaban J connectivity index is 2.67. The van der Waals surface area contributed by atoms with Crippen molar-refractivity contribution in [2.75, 3.05) is 33.4 Å². The Morgan fingerprint density at radius 2 is 2.10 bits per heavy atom. The van der Waals surface area contributed by atoms with Gasteiger partial charge < -0.3 is 10.1 Å². The maximum atomic E-state index is 12.6. The Labute approximate surface area is 129 Å². The van der Waals surface area contributed by atoms with Gasteiger partial charge in [-0.3, -0.25) is 0 Å². The predicted octanol–water partition coefficient (Wildman–Crippen LogP) is 1.10. The van der Waals surface area contributed by atoms with Crippen molar-refractivity contribution in [1.29, 1.82) is 0 Å². The zero-order valence-corrected chi connectivity index (χ0v) is 14.4. The molecule has 0 aromatic rings. The lowest BCUT2D eigenvalue weighted by Crippen LogP contribution is -2.54. The number of rotatable bonds is 10. The van der Waals surface area contributed by atoms with Crippen molar-refractivity contribution in [2.45, 2.75) is 58.0 Å². The summed E-state index contributed by atoms with van der Waals surface area (Å²) < 4.78 is 34.7. The number of methoxy groups -OCH3 is 1. The van der Waals surface area contributed by atoms with E-state index in [1.807, 2.05) is 6.92 Å². The second kappa shape index (κ2) is 9.74. The molecule has 7 heteroatoms. The van der Waals surface area contributed by atoms with E-state index in [2.05, 4.69) is 17.0 Å². The van der Waals surface area contributed by atoms with E-state index in [1.165, 1.54) is 0 Å². The van der Waals surface area contributed by atoms with E-state index in [4.69, 9.17) is 4.74 Å². The molecule has 1 fully saturated rings. The van der Waals surface area contributed by atoms with Gasteiger partial charge in [0.15, 0.2) is 0 Å². The maximum Gasteiger partial charge on any atom is 0.280 e. The molecule has 1 aliphatic rings. The van der Waals surface area contributed by atoms with Crippen LogP contribution in [0.1, 0.15) is 46.0 Å². The van der Waals surface area contributed by atoms with E-state index in [1.54, 1.807) is 11.4 Å².